The maximum Gasteiger partial charge on any atom is 0.335 e. The van der Waals surface area contributed by atoms with Crippen LogP contribution in [-0.4, -0.2) is 27.1 Å². The number of carboxylic acids is 1. The zero-order chi connectivity index (χ0) is 11.8. The smallest absolute Gasteiger partial charge is 0.335 e. The average molecular weight is 241 g/mol. The fraction of sp³-hybridized carbons (Fsp3) is 0.364. The monoisotopic (exact) mass is 241 g/mol. The van der Waals surface area contributed by atoms with Crippen LogP contribution in [0.2, 0.25) is 0 Å². The van der Waals surface area contributed by atoms with Gasteiger partial charge in [0.15, 0.2) is 0 Å². The number of hydrogen-bond donors (Lipinski definition) is 3. The zero-order valence-corrected chi connectivity index (χ0v) is 9.91. The van der Waals surface area contributed by atoms with Crippen molar-refractivity contribution in [1.82, 2.24) is 4.72 Å². The summed E-state index contributed by atoms with van der Waals surface area (Å²) in [6.07, 6.45) is 0.901. The molecular weight excluding hydrogens is 226 g/mol. The number of nitrogens with one attached hydrogen (secondary N) is 1. The fourth-order valence-corrected chi connectivity index (χ4v) is 4.67. The Hall–Kier alpha value is -1.20. The van der Waals surface area contributed by atoms with Crippen LogP contribution < -0.4 is 4.72 Å². The van der Waals surface area contributed by atoms with E-state index in [1.807, 2.05) is 6.92 Å². The first-order valence-electron chi connectivity index (χ1n) is 5.22. The van der Waals surface area contributed by atoms with Gasteiger partial charge < -0.3 is 5.11 Å². The second-order valence-electron chi connectivity index (χ2n) is 4.13. The summed E-state index contributed by atoms with van der Waals surface area (Å²) >= 11 is 0. The molecule has 5 heteroatoms. The van der Waals surface area contributed by atoms with E-state index in [0.29, 0.717) is 5.75 Å². The van der Waals surface area contributed by atoms with Crippen molar-refractivity contribution in [1.29, 1.82) is 0 Å². The van der Waals surface area contributed by atoms with Crippen molar-refractivity contribution in [2.75, 3.05) is 5.75 Å². The molecule has 0 spiro atoms. The quantitative estimate of drug-likeness (QED) is 0.678. The summed E-state index contributed by atoms with van der Waals surface area (Å²) in [5, 5.41) is 8.76. The van der Waals surface area contributed by atoms with E-state index in [-0.39, 0.29) is 11.6 Å². The van der Waals surface area contributed by atoms with Gasteiger partial charge in [0.1, 0.15) is 0 Å². The number of rotatable bonds is 2. The van der Waals surface area contributed by atoms with Crippen molar-refractivity contribution < 1.29 is 14.1 Å². The first-order chi connectivity index (χ1) is 7.51. The van der Waals surface area contributed by atoms with E-state index in [4.69, 9.17) is 5.11 Å². The number of benzene rings is 1. The third-order valence-electron chi connectivity index (χ3n) is 2.84. The highest BCUT2D eigenvalue weighted by atomic mass is 32.3. The first kappa shape index (κ1) is 11.3. The third kappa shape index (κ3) is 2.01. The predicted octanol–water partition coefficient (Wildman–Crippen LogP) is 1.06. The van der Waals surface area contributed by atoms with Gasteiger partial charge in [0.05, 0.1) is 5.56 Å². The van der Waals surface area contributed by atoms with Crippen molar-refractivity contribution >= 4 is 16.1 Å². The van der Waals surface area contributed by atoms with Crippen molar-refractivity contribution in [2.45, 2.75) is 24.3 Å². The van der Waals surface area contributed by atoms with Gasteiger partial charge in [0.2, 0.25) is 0 Å². The molecule has 1 aliphatic rings. The van der Waals surface area contributed by atoms with Gasteiger partial charge >= 0.3 is 5.97 Å². The molecule has 0 amide bonds. The minimum atomic E-state index is -2.47. The highest BCUT2D eigenvalue weighted by Gasteiger charge is 2.27. The molecule has 1 aromatic carbocycles. The van der Waals surface area contributed by atoms with Crippen LogP contribution in [0.1, 0.15) is 23.7 Å². The molecule has 1 fully saturated rings. The lowest BCUT2D eigenvalue weighted by atomic mass is 10.2. The van der Waals surface area contributed by atoms with E-state index in [9.17, 15) is 9.00 Å². The van der Waals surface area contributed by atoms with Gasteiger partial charge in [-0.05, 0) is 47.7 Å². The van der Waals surface area contributed by atoms with Crippen molar-refractivity contribution in [2.24, 2.45) is 0 Å². The van der Waals surface area contributed by atoms with E-state index < -0.39 is 16.1 Å². The molecule has 88 valence electrons. The minimum absolute atomic E-state index is 0.225. The maximum atomic E-state index is 12.4. The molecule has 1 saturated heterocycles. The molecule has 16 heavy (non-hydrogen) atoms. The Morgan fingerprint density at radius 1 is 1.44 bits per heavy atom. The second-order valence-corrected chi connectivity index (χ2v) is 6.84. The standard InChI is InChI=1S/C11H15NO3S/c1-8-6-7-16(15,12-8)10-4-2-9(3-5-10)11(13)14/h2-5,8,16H,6-7H2,1H3,(H,12,15)(H,13,14). The zero-order valence-electron chi connectivity index (χ0n) is 9.01. The van der Waals surface area contributed by atoms with Crippen LogP contribution in [0.4, 0.5) is 0 Å². The second kappa shape index (κ2) is 3.99. The molecule has 0 aliphatic carbocycles. The molecule has 1 aliphatic heterocycles. The SMILES string of the molecule is CC1CC[SH](=O)(c2ccc(C(=O)O)cc2)N1. The molecule has 1 atom stereocenters. The number of aromatic carboxylic acids is 1. The van der Waals surface area contributed by atoms with Crippen LogP contribution in [0.5, 0.6) is 0 Å². The molecule has 4 nitrogen and oxygen atoms in total. The van der Waals surface area contributed by atoms with Crippen molar-refractivity contribution in [3.05, 3.63) is 29.8 Å². The molecule has 2 N–H and O–H groups in total. The summed E-state index contributed by atoms with van der Waals surface area (Å²) in [6, 6.07) is 6.57. The Balaban J connectivity index is 2.28. The molecule has 1 aromatic rings. The number of carbonyl (C=O) groups is 1. The van der Waals surface area contributed by atoms with Crippen LogP contribution in [-0.2, 0) is 10.1 Å². The van der Waals surface area contributed by atoms with Gasteiger partial charge in [-0.25, -0.2) is 4.79 Å². The summed E-state index contributed by atoms with van der Waals surface area (Å²) in [4.78, 5) is 11.4. The topological polar surface area (TPSA) is 66.4 Å². The van der Waals surface area contributed by atoms with E-state index in [2.05, 4.69) is 4.72 Å². The lowest BCUT2D eigenvalue weighted by Crippen LogP contribution is -2.30. The Morgan fingerprint density at radius 3 is 2.50 bits per heavy atom. The lowest BCUT2D eigenvalue weighted by Gasteiger charge is -2.19. The molecular formula is C11H15NO3S. The van der Waals surface area contributed by atoms with Crippen LogP contribution in [0.15, 0.2) is 29.2 Å². The summed E-state index contributed by atoms with van der Waals surface area (Å²) in [5.74, 6) is -0.307. The molecule has 0 aromatic heterocycles. The largest absolute Gasteiger partial charge is 0.478 e. The summed E-state index contributed by atoms with van der Waals surface area (Å²) in [7, 11) is -2.47. The summed E-state index contributed by atoms with van der Waals surface area (Å²) in [6.45, 7) is 2.01. The highest BCUT2D eigenvalue weighted by molar-refractivity contribution is 8.01. The summed E-state index contributed by atoms with van der Waals surface area (Å²) < 4.78 is 15.6. The number of carboxylic acid groups (broad SMARTS) is 1. The fourth-order valence-electron chi connectivity index (χ4n) is 1.91. The van der Waals surface area contributed by atoms with Gasteiger partial charge in [-0.3, -0.25) is 8.93 Å². The minimum Gasteiger partial charge on any atom is -0.478 e. The van der Waals surface area contributed by atoms with E-state index >= 15 is 0 Å². The van der Waals surface area contributed by atoms with Gasteiger partial charge in [-0.1, -0.05) is 0 Å². The molecule has 2 rings (SSSR count). The number of thiol groups is 1. The Kier molecular flexibility index (Phi) is 2.82. The molecule has 0 bridgehead atoms. The van der Waals surface area contributed by atoms with E-state index in [1.54, 1.807) is 12.1 Å². The van der Waals surface area contributed by atoms with Gasteiger partial charge in [0.25, 0.3) is 0 Å². The Labute approximate surface area is 95.2 Å². The van der Waals surface area contributed by atoms with Crippen molar-refractivity contribution in [3.8, 4) is 0 Å². The Morgan fingerprint density at radius 2 is 2.06 bits per heavy atom. The molecule has 0 saturated carbocycles. The van der Waals surface area contributed by atoms with Gasteiger partial charge in [-0.15, -0.1) is 0 Å². The summed E-state index contributed by atoms with van der Waals surface area (Å²) in [5.41, 5.74) is 0.225. The molecule has 1 unspecified atom stereocenters. The third-order valence-corrected chi connectivity index (χ3v) is 5.72. The van der Waals surface area contributed by atoms with Crippen LogP contribution >= 0.6 is 0 Å². The number of hydrogen-bond acceptors (Lipinski definition) is 2. The molecule has 0 radical (unpaired) electrons. The van der Waals surface area contributed by atoms with Crippen LogP contribution in [0, 0.1) is 0 Å². The first-order valence-corrected chi connectivity index (χ1v) is 7.11. The highest BCUT2D eigenvalue weighted by Crippen LogP contribution is 2.24. The van der Waals surface area contributed by atoms with E-state index in [0.717, 1.165) is 11.3 Å². The predicted molar refractivity (Wildman–Crippen MR) is 63.3 cm³/mol. The van der Waals surface area contributed by atoms with Crippen LogP contribution in [0.3, 0.4) is 0 Å². The average Bonchev–Trinajstić information content (AvgIpc) is 2.60. The Bertz CT molecular complexity index is 455. The van der Waals surface area contributed by atoms with Crippen LogP contribution in [0.25, 0.3) is 0 Å². The normalized spacial score (nSPS) is 25.2. The van der Waals surface area contributed by atoms with Crippen molar-refractivity contribution in [3.63, 3.8) is 0 Å². The lowest BCUT2D eigenvalue weighted by molar-refractivity contribution is 0.0697. The van der Waals surface area contributed by atoms with E-state index in [1.165, 1.54) is 12.1 Å². The maximum absolute atomic E-state index is 12.4. The van der Waals surface area contributed by atoms with Gasteiger partial charge in [0, 0.05) is 16.7 Å². The van der Waals surface area contributed by atoms with Gasteiger partial charge in [-0.2, -0.15) is 0 Å². The molecule has 1 heterocycles.